The molecule has 15 heavy (non-hydrogen) atoms. The van der Waals surface area contributed by atoms with Gasteiger partial charge in [0.15, 0.2) is 0 Å². The normalized spacial score (nSPS) is 20.2. The van der Waals surface area contributed by atoms with E-state index in [0.717, 1.165) is 17.6 Å². The second-order valence-electron chi connectivity index (χ2n) is 3.80. The molecule has 82 valence electrons. The Hall–Kier alpha value is -0.610. The molecule has 1 saturated heterocycles. The van der Waals surface area contributed by atoms with Gasteiger partial charge in [-0.2, -0.15) is 11.8 Å². The average molecular weight is 230 g/mol. The van der Waals surface area contributed by atoms with Gasteiger partial charge in [-0.05, 0) is 42.0 Å². The lowest BCUT2D eigenvalue weighted by atomic mass is 9.88. The first-order valence-electron chi connectivity index (χ1n) is 4.87. The summed E-state index contributed by atoms with van der Waals surface area (Å²) in [4.78, 5) is 0. The summed E-state index contributed by atoms with van der Waals surface area (Å²) in [5.74, 6) is 0.400. The van der Waals surface area contributed by atoms with Gasteiger partial charge in [0.1, 0.15) is 11.6 Å². The van der Waals surface area contributed by atoms with E-state index in [9.17, 15) is 13.9 Å². The number of aliphatic hydroxyl groups is 1. The first-order valence-corrected chi connectivity index (χ1v) is 6.02. The fraction of sp³-hybridized carbons (Fsp3) is 0.455. The first-order chi connectivity index (χ1) is 7.10. The summed E-state index contributed by atoms with van der Waals surface area (Å²) in [6, 6.07) is 3.27. The van der Waals surface area contributed by atoms with Crippen LogP contribution in [0.25, 0.3) is 0 Å². The van der Waals surface area contributed by atoms with Crippen LogP contribution < -0.4 is 0 Å². The van der Waals surface area contributed by atoms with Gasteiger partial charge in [0.05, 0.1) is 5.60 Å². The molecule has 0 radical (unpaired) electrons. The Morgan fingerprint density at radius 2 is 1.60 bits per heavy atom. The molecule has 1 N–H and O–H groups in total. The third-order valence-electron chi connectivity index (χ3n) is 2.72. The maximum atomic E-state index is 13.0. The lowest BCUT2D eigenvalue weighted by Crippen LogP contribution is -2.30. The van der Waals surface area contributed by atoms with E-state index in [1.165, 1.54) is 12.1 Å². The highest BCUT2D eigenvalue weighted by Gasteiger charge is 2.32. The molecule has 1 heterocycles. The molecule has 1 nitrogen and oxygen atoms in total. The standard InChI is InChI=1S/C11H12F2OS/c12-9-5-8(6-10(13)7-9)11(14)1-3-15-4-2-11/h5-7,14H,1-4H2. The van der Waals surface area contributed by atoms with Crippen LogP contribution in [0.4, 0.5) is 8.78 Å². The molecule has 1 aromatic carbocycles. The number of halogens is 2. The van der Waals surface area contributed by atoms with Gasteiger partial charge >= 0.3 is 0 Å². The van der Waals surface area contributed by atoms with Gasteiger partial charge in [-0.15, -0.1) is 0 Å². The van der Waals surface area contributed by atoms with Crippen molar-refractivity contribution < 1.29 is 13.9 Å². The highest BCUT2D eigenvalue weighted by atomic mass is 32.2. The summed E-state index contributed by atoms with van der Waals surface area (Å²) in [7, 11) is 0. The molecule has 0 saturated carbocycles. The molecule has 2 rings (SSSR count). The Bertz CT molecular complexity index is 341. The van der Waals surface area contributed by atoms with Gasteiger partial charge in [0.25, 0.3) is 0 Å². The molecule has 0 aliphatic carbocycles. The summed E-state index contributed by atoms with van der Waals surface area (Å²) in [5, 5.41) is 10.2. The van der Waals surface area contributed by atoms with E-state index in [1.54, 1.807) is 11.8 Å². The van der Waals surface area contributed by atoms with E-state index in [1.807, 2.05) is 0 Å². The van der Waals surface area contributed by atoms with E-state index in [-0.39, 0.29) is 0 Å². The predicted octanol–water partition coefficient (Wildman–Crippen LogP) is 2.68. The van der Waals surface area contributed by atoms with E-state index >= 15 is 0 Å². The topological polar surface area (TPSA) is 20.2 Å². The number of hydrogen-bond acceptors (Lipinski definition) is 2. The Morgan fingerprint density at radius 3 is 2.13 bits per heavy atom. The minimum Gasteiger partial charge on any atom is -0.385 e. The fourth-order valence-corrected chi connectivity index (χ4v) is 2.99. The van der Waals surface area contributed by atoms with Crippen molar-refractivity contribution in [1.29, 1.82) is 0 Å². The molecular weight excluding hydrogens is 218 g/mol. The number of rotatable bonds is 1. The van der Waals surface area contributed by atoms with Crippen molar-refractivity contribution in [2.24, 2.45) is 0 Å². The smallest absolute Gasteiger partial charge is 0.126 e. The van der Waals surface area contributed by atoms with E-state index < -0.39 is 17.2 Å². The lowest BCUT2D eigenvalue weighted by Gasteiger charge is -2.32. The van der Waals surface area contributed by atoms with Crippen molar-refractivity contribution in [3.05, 3.63) is 35.4 Å². The summed E-state index contributed by atoms with van der Waals surface area (Å²) >= 11 is 1.75. The zero-order valence-electron chi connectivity index (χ0n) is 8.17. The van der Waals surface area contributed by atoms with Crippen molar-refractivity contribution in [3.63, 3.8) is 0 Å². The first kappa shape index (κ1) is 10.9. The SMILES string of the molecule is OC1(c2cc(F)cc(F)c2)CCSCC1. The van der Waals surface area contributed by atoms with E-state index in [2.05, 4.69) is 0 Å². The summed E-state index contributed by atoms with van der Waals surface area (Å²) in [5.41, 5.74) is -0.686. The Balaban J connectivity index is 2.34. The molecule has 1 aromatic rings. The van der Waals surface area contributed by atoms with Crippen LogP contribution in [-0.4, -0.2) is 16.6 Å². The van der Waals surface area contributed by atoms with Crippen LogP contribution >= 0.6 is 11.8 Å². The number of benzene rings is 1. The van der Waals surface area contributed by atoms with Crippen LogP contribution in [0.3, 0.4) is 0 Å². The highest BCUT2D eigenvalue weighted by molar-refractivity contribution is 7.99. The molecular formula is C11H12F2OS. The zero-order chi connectivity index (χ0) is 10.9. The van der Waals surface area contributed by atoms with Crippen molar-refractivity contribution in [1.82, 2.24) is 0 Å². The Morgan fingerprint density at radius 1 is 1.07 bits per heavy atom. The van der Waals surface area contributed by atoms with Crippen LogP contribution in [0.2, 0.25) is 0 Å². The monoisotopic (exact) mass is 230 g/mol. The van der Waals surface area contributed by atoms with Crippen molar-refractivity contribution in [2.45, 2.75) is 18.4 Å². The van der Waals surface area contributed by atoms with E-state index in [0.29, 0.717) is 18.4 Å². The maximum absolute atomic E-state index is 13.0. The van der Waals surface area contributed by atoms with Gasteiger partial charge in [-0.1, -0.05) is 0 Å². The molecule has 1 aliphatic rings. The molecule has 0 amide bonds. The van der Waals surface area contributed by atoms with Gasteiger partial charge < -0.3 is 5.11 Å². The summed E-state index contributed by atoms with van der Waals surface area (Å²) in [6.07, 6.45) is 1.11. The average Bonchev–Trinajstić information content (AvgIpc) is 2.17. The number of hydrogen-bond donors (Lipinski definition) is 1. The zero-order valence-corrected chi connectivity index (χ0v) is 8.99. The van der Waals surface area contributed by atoms with Crippen molar-refractivity contribution >= 4 is 11.8 Å². The third-order valence-corrected chi connectivity index (χ3v) is 3.71. The quantitative estimate of drug-likeness (QED) is 0.800. The molecule has 1 aliphatic heterocycles. The van der Waals surface area contributed by atoms with Crippen LogP contribution in [0.15, 0.2) is 18.2 Å². The molecule has 0 spiro atoms. The molecule has 0 unspecified atom stereocenters. The molecule has 1 fully saturated rings. The minimum absolute atomic E-state index is 0.361. The van der Waals surface area contributed by atoms with Gasteiger partial charge in [0.2, 0.25) is 0 Å². The minimum atomic E-state index is -1.05. The summed E-state index contributed by atoms with van der Waals surface area (Å²) in [6.45, 7) is 0. The van der Waals surface area contributed by atoms with Crippen LogP contribution in [-0.2, 0) is 5.60 Å². The maximum Gasteiger partial charge on any atom is 0.126 e. The van der Waals surface area contributed by atoms with Crippen LogP contribution in [0.5, 0.6) is 0 Å². The highest BCUT2D eigenvalue weighted by Crippen LogP contribution is 2.36. The van der Waals surface area contributed by atoms with E-state index in [4.69, 9.17) is 0 Å². The van der Waals surface area contributed by atoms with Crippen LogP contribution in [0, 0.1) is 11.6 Å². The molecule has 0 bridgehead atoms. The van der Waals surface area contributed by atoms with Gasteiger partial charge in [-0.3, -0.25) is 0 Å². The molecule has 0 aromatic heterocycles. The Kier molecular flexibility index (Phi) is 2.98. The summed E-state index contributed by atoms with van der Waals surface area (Å²) < 4.78 is 26.0. The lowest BCUT2D eigenvalue weighted by molar-refractivity contribution is 0.0275. The largest absolute Gasteiger partial charge is 0.385 e. The van der Waals surface area contributed by atoms with Gasteiger partial charge in [-0.25, -0.2) is 8.78 Å². The van der Waals surface area contributed by atoms with Gasteiger partial charge in [0, 0.05) is 6.07 Å². The van der Waals surface area contributed by atoms with Crippen LogP contribution in [0.1, 0.15) is 18.4 Å². The molecule has 0 atom stereocenters. The second-order valence-corrected chi connectivity index (χ2v) is 5.03. The fourth-order valence-electron chi connectivity index (χ4n) is 1.82. The third kappa shape index (κ3) is 2.32. The predicted molar refractivity (Wildman–Crippen MR) is 56.8 cm³/mol. The Labute approximate surface area is 91.5 Å². The number of thioether (sulfide) groups is 1. The van der Waals surface area contributed by atoms with Crippen molar-refractivity contribution in [3.8, 4) is 0 Å². The van der Waals surface area contributed by atoms with Crippen molar-refractivity contribution in [2.75, 3.05) is 11.5 Å². The molecule has 4 heteroatoms. The second kappa shape index (κ2) is 4.10.